The van der Waals surface area contributed by atoms with Crippen molar-refractivity contribution < 1.29 is 180 Å². The number of aliphatic carboxylic acids is 1. The van der Waals surface area contributed by atoms with Crippen LogP contribution in [0.2, 0.25) is 0 Å². The molecule has 2 aromatic heterocycles. The van der Waals surface area contributed by atoms with Crippen molar-refractivity contribution in [1.82, 2.24) is 4.90 Å². The van der Waals surface area contributed by atoms with Crippen LogP contribution in [0, 0.1) is 26.7 Å². The normalized spacial score (nSPS) is 20.6. The molecule has 1 N–H and O–H groups in total. The molecule has 31 heavy (non-hydrogen) atoms. The first kappa shape index (κ1) is 21.4. The van der Waals surface area contributed by atoms with Crippen molar-refractivity contribution in [3.8, 4) is 0 Å². The molecule has 5 heteroatoms. The van der Waals surface area contributed by atoms with E-state index in [0.29, 0.717) is 18.5 Å². The molecule has 3 heterocycles. The number of hydrogen-bond donors (Lipinski definition) is 1. The zero-order valence-electron chi connectivity index (χ0n) is 23.0. The van der Waals surface area contributed by atoms with E-state index in [4.69, 9.17) is 4.34 Å². The number of piperidine rings is 1. The highest BCUT2D eigenvalue weighted by Crippen LogP contribution is 2.41. The van der Waals surface area contributed by atoms with Crippen LogP contribution in [0.1, 0.15) is 254 Å². The molecule has 0 spiro atoms. The van der Waals surface area contributed by atoms with E-state index >= 15 is 0 Å². The Morgan fingerprint density at radius 3 is 2.71 bits per heavy atom. The summed E-state index contributed by atoms with van der Waals surface area (Å²) in [6.07, 6.45) is 4.87. The van der Waals surface area contributed by atoms with Crippen molar-refractivity contribution in [2.45, 2.75) is 79.2 Å². The van der Waals surface area contributed by atoms with Gasteiger partial charge >= 0.3 is 5.97 Å². The molecule has 0 amide bonds. The van der Waals surface area contributed by atoms with Gasteiger partial charge in [-0.3, -0.25) is 9.69 Å². The van der Waals surface area contributed by atoms with Gasteiger partial charge in [0.15, 0.2) is 0 Å². The maximum atomic E-state index is 11.6. The molecule has 1 saturated heterocycles. The number of carboxylic acid groups (broad SMARTS) is 1. The minimum absolute atomic E-state index is 0. The van der Waals surface area contributed by atoms with Gasteiger partial charge in [-0.15, -0.1) is 22.7 Å². The number of carboxylic acids is 1. The molecule has 0 radical (unpaired) electrons. The number of carbonyl (C=O) groups is 1. The number of thiophene rings is 2. The minimum atomic E-state index is -0.676. The standard InChI is InChI=1S/C26H37NO2S2.117H2/c1-16(2)22-18(4)15-30-24(22)21(23-17(3)13-19(5)31-23)9-8-12-27-14-20(25(28)29)10-11-26(27,6)7;;;;;;;;;;;;;;;;;;;;;;;;;;;;;;;;;;;;;;;;;;;;;;;;;;;;;;;;;;;;;;;;;;;;;;;;;;;;;;;;;;;;;;;;;;;;;;;;;;;;;;;;;;;;;;;;;;;;;/h9,13,15-16,20H,8,10-12,14H2,1-7H3,(H,28,29);117*1H/b21-9-;;;;;;;;;;;;;;;;;;;;;;;;;;;;;;;;;;;;;;;;;;;;;;;;;;;;;;;;;;;;;;;;;;;;;;;;;;;;;;;;;;;;;;;;;;;;;;;;;;;;;;;;;;;;;;;;;;;;;/t20-;;;;;;;;;;;;;;;;;;;;;;;;;;;;;;;;;;;;;;;;;;;;;;;;;;;;;;;;;;;;;;;;;;;;;;;;;;;;;;;;;;;;;;;;;;;;;;;;;;;;;;;;;;;;;;;;;;;;;/m1...................................................................................................................../s1/i13D;1+1D;;;;;;;;;;;;;;;;;;;;;;;;;;;;;;;;;;;;;;;;;;;;;;;;;;;;;;;;;;;;;;;;;;;;;;;;;;;;;;;;;;;;;;;;;;;;;;;;;;;;;;;;;;;;;;;;;;;;. The summed E-state index contributed by atoms with van der Waals surface area (Å²) < 4.78 is 18.4. The highest BCUT2D eigenvalue weighted by molar-refractivity contribution is 7.15. The largest absolute Gasteiger partial charge is 0.481 e. The molecule has 1 aliphatic heterocycles. The molecule has 0 aliphatic carbocycles. The molecule has 0 saturated carbocycles. The second kappa shape index (κ2) is 9.60. The van der Waals surface area contributed by atoms with Gasteiger partial charge in [-0.25, -0.2) is 0 Å². The summed E-state index contributed by atoms with van der Waals surface area (Å²) >= 11 is 3.53. The molecule has 1 atom stereocenters. The molecule has 404 valence electrons. The van der Waals surface area contributed by atoms with E-state index in [2.05, 4.69) is 57.9 Å². The zero-order valence-corrected chi connectivity index (χ0v) is 21.6. The SMILES string of the molecule is [2H][2H].[2H]c1c(C)sc(/C(=C/CCN2C[C@H](C(=O)O)CCC2(C)C)c2scc(C)c2C(C)C)c1C.[HH].[HH].[HH].[HH].[HH].[HH].[HH].[HH].[HH].[HH].[HH].[HH].[HH].[HH].[HH].[HH].[HH].[HH].[HH].[HH].[HH].[HH].[HH].[HH].[HH].[HH].[HH].[HH].[HH].[HH].[HH].[HH].[HH].[HH].[HH].[HH].[HH].[HH].[HH].[HH].[HH].[HH].[HH].[HH].[HH].[HH].[HH].[HH].[HH].[HH].[HH].[HH].[HH].[HH].[HH].[HH].[HH].[HH].[HH].[HH].[HH].[HH].[HH].[HH].[HH].[HH].[HH].[HH].[HH].[HH].[HH].[HH].[HH].[HH].[HH].[HH].[HH].[HH].[HH].[HH].[HH].[HH].[HH].[HH].[HH].[HH].[HH].[HH].[HH].[HH].[HH].[HH].[HH].[HH].[HH].[HH].[HH].[HH].[HH].[HH].[HH].[HH].[HH].[HH].[HH].[HH].[HH].[HH].[HH].[HH].[HH].[HH].[HH].[HH].[HH].[HH]. The third-order valence-corrected chi connectivity index (χ3v) is 8.83. The quantitative estimate of drug-likeness (QED) is 0.313. The van der Waals surface area contributed by atoms with Crippen molar-refractivity contribution in [3.63, 3.8) is 0 Å². The van der Waals surface area contributed by atoms with E-state index in [-0.39, 0.29) is 177 Å². The van der Waals surface area contributed by atoms with Gasteiger partial charge in [-0.2, -0.15) is 0 Å². The summed E-state index contributed by atoms with van der Waals surface area (Å²) in [6.45, 7) is 16.7. The van der Waals surface area contributed by atoms with Gasteiger partial charge in [-0.05, 0) is 87.9 Å². The lowest BCUT2D eigenvalue weighted by molar-refractivity contribution is -0.145. The van der Waals surface area contributed by atoms with Crippen LogP contribution in [-0.2, 0) is 4.79 Å². The second-order valence-corrected chi connectivity index (χ2v) is 11.9. The number of likely N-dealkylation sites (tertiary alicyclic amines) is 1. The monoisotopic (exact) mass is 698 g/mol. The fraction of sp³-hybridized carbons (Fsp3) is 0.577. The molecule has 0 bridgehead atoms. The van der Waals surface area contributed by atoms with Crippen molar-refractivity contribution in [1.29, 1.82) is 0 Å². The molecule has 3 rings (SSSR count). The Bertz CT molecular complexity index is 1120. The Hall–Kier alpha value is -1.43. The van der Waals surface area contributed by atoms with Crippen molar-refractivity contribution >= 4 is 34.2 Å². The van der Waals surface area contributed by atoms with Crippen LogP contribution in [0.15, 0.2) is 17.5 Å². The fourth-order valence-electron chi connectivity index (χ4n) is 4.75. The van der Waals surface area contributed by atoms with Gasteiger partial charge in [0.25, 0.3) is 0 Å². The van der Waals surface area contributed by atoms with Crippen LogP contribution < -0.4 is 0 Å². The Labute approximate surface area is 372 Å². The number of nitrogens with zero attached hydrogens (tertiary/aromatic N) is 1. The molecule has 0 unspecified atom stereocenters. The first-order chi connectivity index (χ1) is 15.9. The molecular formula is C26H271NO2S2. The molecule has 2 aromatic rings. The Morgan fingerprint density at radius 1 is 1.42 bits per heavy atom. The second-order valence-electron chi connectivity index (χ2n) is 9.79. The molecule has 1 fully saturated rings. The summed E-state index contributed by atoms with van der Waals surface area (Å²) in [5, 5.41) is 11.8. The molecule has 0 aromatic carbocycles. The van der Waals surface area contributed by atoms with E-state index in [1.165, 1.54) is 26.5 Å². The van der Waals surface area contributed by atoms with Crippen LogP contribution >= 0.6 is 22.7 Å². The third-order valence-electron chi connectivity index (χ3n) is 6.55. The Balaban J connectivity index is -0.000000000913. The van der Waals surface area contributed by atoms with Gasteiger partial charge in [0.05, 0.1) is 7.29 Å². The smallest absolute Gasteiger partial charge is 0.307 e. The van der Waals surface area contributed by atoms with Gasteiger partial charge in [0.1, 0.15) is 0 Å². The van der Waals surface area contributed by atoms with E-state index in [1.807, 2.05) is 18.3 Å². The summed E-state index contributed by atoms with van der Waals surface area (Å²) in [6, 6.07) is 0.650. The topological polar surface area (TPSA) is 40.5 Å². The third kappa shape index (κ3) is 5.32. The maximum Gasteiger partial charge on any atom is 0.307 e. The maximum absolute atomic E-state index is 11.6. The average molecular weight is 699 g/mol. The van der Waals surface area contributed by atoms with Crippen LogP contribution in [0.3, 0.4) is 0 Å². The van der Waals surface area contributed by atoms with E-state index in [0.717, 1.165) is 36.2 Å². The highest BCUT2D eigenvalue weighted by Gasteiger charge is 2.36. The van der Waals surface area contributed by atoms with Crippen LogP contribution in [-0.4, -0.2) is 34.6 Å². The summed E-state index contributed by atoms with van der Waals surface area (Å²) in [5.74, 6) is -0.508. The summed E-state index contributed by atoms with van der Waals surface area (Å²) in [7, 11) is 0. The zero-order chi connectivity index (χ0) is 25.8. The Kier molecular flexibility index (Phi) is 6.63. The van der Waals surface area contributed by atoms with Crippen LogP contribution in [0.5, 0.6) is 0 Å². The van der Waals surface area contributed by atoms with Gasteiger partial charge in [0.2, 0.25) is 0 Å². The predicted molar refractivity (Wildman–Crippen MR) is 382 cm³/mol. The predicted octanol–water partition coefficient (Wildman–Crippen LogP) is 36.0. The molecule has 3 nitrogen and oxygen atoms in total. The van der Waals surface area contributed by atoms with Gasteiger partial charge in [-0.1, -0.05) is 19.9 Å². The van der Waals surface area contributed by atoms with Crippen LogP contribution in [0.4, 0.5) is 0 Å². The average Bonchev–Trinajstić information content (AvgIpc) is 3.28. The molecular weight excluding hydrogens is 422 g/mol. The lowest BCUT2D eigenvalue weighted by Crippen LogP contribution is -2.52. The van der Waals surface area contributed by atoms with Gasteiger partial charge in [0, 0.05) is 207 Å². The van der Waals surface area contributed by atoms with Crippen LogP contribution in [0.25, 0.3) is 5.57 Å². The molecule has 1 aliphatic rings. The van der Waals surface area contributed by atoms with E-state index in [1.54, 1.807) is 11.3 Å². The first-order valence-corrected chi connectivity index (χ1v) is 13.0. The first-order valence-electron chi connectivity index (χ1n) is 12.8. The number of hydrogen-bond acceptors (Lipinski definition) is 4. The van der Waals surface area contributed by atoms with Gasteiger partial charge < -0.3 is 5.11 Å². The number of aryl methyl sites for hydroxylation is 2. The fourth-order valence-corrected chi connectivity index (χ4v) is 7.08. The van der Waals surface area contributed by atoms with Crippen molar-refractivity contribution in [3.05, 3.63) is 48.8 Å². The minimum Gasteiger partial charge on any atom is -0.481 e. The van der Waals surface area contributed by atoms with E-state index < -0.39 is 5.97 Å². The lowest BCUT2D eigenvalue weighted by Gasteiger charge is -2.44. The highest BCUT2D eigenvalue weighted by atomic mass is 32.1. The van der Waals surface area contributed by atoms with E-state index in [9.17, 15) is 9.90 Å². The van der Waals surface area contributed by atoms with Crippen molar-refractivity contribution in [2.24, 2.45) is 5.92 Å². The van der Waals surface area contributed by atoms with Crippen molar-refractivity contribution in [2.75, 3.05) is 13.1 Å². The summed E-state index contributed by atoms with van der Waals surface area (Å²) in [4.78, 5) is 17.5. The lowest BCUT2D eigenvalue weighted by atomic mass is 9.84. The Morgan fingerprint density at radius 2 is 2.13 bits per heavy atom. The summed E-state index contributed by atoms with van der Waals surface area (Å²) in [5.41, 5.74) is 5.07. The number of rotatable bonds is 7.